The highest BCUT2D eigenvalue weighted by Crippen LogP contribution is 2.33. The highest BCUT2D eigenvalue weighted by molar-refractivity contribution is 5.86. The molecule has 0 fully saturated rings. The van der Waals surface area contributed by atoms with Gasteiger partial charge < -0.3 is 5.11 Å². The normalized spacial score (nSPS) is 11.4. The summed E-state index contributed by atoms with van der Waals surface area (Å²) < 4.78 is 39.2. The number of alkyl halides is 3. The van der Waals surface area contributed by atoms with Gasteiger partial charge in [0.05, 0.1) is 22.6 Å². The fraction of sp³-hybridized carbons (Fsp3) is 0.167. The third kappa shape index (κ3) is 2.90. The van der Waals surface area contributed by atoms with Crippen molar-refractivity contribution in [2.45, 2.75) is 13.1 Å². The summed E-state index contributed by atoms with van der Waals surface area (Å²) in [6.45, 7) is 1.71. The molecule has 0 atom stereocenters. The molecule has 2 aromatic rings. The van der Waals surface area contributed by atoms with E-state index in [1.54, 1.807) is 13.0 Å². The number of carboxylic acid groups (broad SMARTS) is 1. The highest BCUT2D eigenvalue weighted by atomic mass is 19.4. The summed E-state index contributed by atoms with van der Waals surface area (Å²) in [5.41, 5.74) is -0.246. The SMILES string of the molecule is Cc1ccn(-c2ccc(C(F)(F)F)cc2NC(=O)O)n1. The Bertz CT molecular complexity index is 650. The Kier molecular flexibility index (Phi) is 3.39. The molecule has 1 aromatic heterocycles. The summed E-state index contributed by atoms with van der Waals surface area (Å²) in [6, 6.07) is 4.43. The molecular weight excluding hydrogens is 275 g/mol. The molecular formula is C12H10F3N3O2. The van der Waals surface area contributed by atoms with Gasteiger partial charge in [0.15, 0.2) is 0 Å². The number of hydrogen-bond acceptors (Lipinski definition) is 2. The van der Waals surface area contributed by atoms with E-state index in [2.05, 4.69) is 5.10 Å². The maximum absolute atomic E-state index is 12.6. The van der Waals surface area contributed by atoms with E-state index in [-0.39, 0.29) is 11.4 Å². The maximum Gasteiger partial charge on any atom is 0.416 e. The molecule has 0 aliphatic carbocycles. The van der Waals surface area contributed by atoms with E-state index in [4.69, 9.17) is 5.11 Å². The third-order valence-corrected chi connectivity index (χ3v) is 2.53. The Labute approximate surface area is 111 Å². The summed E-state index contributed by atoms with van der Waals surface area (Å²) in [7, 11) is 0. The Morgan fingerprint density at radius 3 is 2.55 bits per heavy atom. The maximum atomic E-state index is 12.6. The molecule has 1 amide bonds. The average Bonchev–Trinajstić information content (AvgIpc) is 2.73. The zero-order valence-corrected chi connectivity index (χ0v) is 10.3. The minimum Gasteiger partial charge on any atom is -0.465 e. The predicted molar refractivity (Wildman–Crippen MR) is 65.0 cm³/mol. The molecule has 8 heteroatoms. The Morgan fingerprint density at radius 1 is 1.35 bits per heavy atom. The van der Waals surface area contributed by atoms with E-state index in [0.29, 0.717) is 5.69 Å². The number of carbonyl (C=O) groups is 1. The quantitative estimate of drug-likeness (QED) is 0.889. The molecule has 0 saturated heterocycles. The van der Waals surface area contributed by atoms with Crippen molar-refractivity contribution in [3.63, 3.8) is 0 Å². The molecule has 0 saturated carbocycles. The van der Waals surface area contributed by atoms with Crippen molar-refractivity contribution >= 4 is 11.8 Å². The van der Waals surface area contributed by atoms with Crippen LogP contribution in [0.3, 0.4) is 0 Å². The molecule has 0 radical (unpaired) electrons. The standard InChI is InChI=1S/C12H10F3N3O2/c1-7-4-5-18(17-7)10-3-2-8(12(13,14)15)6-9(10)16-11(19)20/h2-6,16H,1H3,(H,19,20). The highest BCUT2D eigenvalue weighted by Gasteiger charge is 2.31. The van der Waals surface area contributed by atoms with Gasteiger partial charge in [0.1, 0.15) is 0 Å². The Hall–Kier alpha value is -2.51. The number of anilines is 1. The molecule has 0 aliphatic heterocycles. The topological polar surface area (TPSA) is 67.2 Å². The van der Waals surface area contributed by atoms with Gasteiger partial charge in [-0.2, -0.15) is 18.3 Å². The van der Waals surface area contributed by atoms with Gasteiger partial charge in [-0.1, -0.05) is 0 Å². The second-order valence-corrected chi connectivity index (χ2v) is 4.06. The first-order valence-corrected chi connectivity index (χ1v) is 5.51. The lowest BCUT2D eigenvalue weighted by Gasteiger charge is -2.13. The van der Waals surface area contributed by atoms with Gasteiger partial charge in [0, 0.05) is 6.20 Å². The number of halogens is 3. The monoisotopic (exact) mass is 285 g/mol. The molecule has 0 spiro atoms. The number of amides is 1. The summed E-state index contributed by atoms with van der Waals surface area (Å²) in [5.74, 6) is 0. The van der Waals surface area contributed by atoms with Gasteiger partial charge in [0.2, 0.25) is 0 Å². The Balaban J connectivity index is 2.53. The van der Waals surface area contributed by atoms with Crippen LogP contribution in [0.1, 0.15) is 11.3 Å². The summed E-state index contributed by atoms with van der Waals surface area (Å²) >= 11 is 0. The van der Waals surface area contributed by atoms with E-state index in [1.807, 2.05) is 5.32 Å². The largest absolute Gasteiger partial charge is 0.465 e. The zero-order valence-electron chi connectivity index (χ0n) is 10.3. The molecule has 1 heterocycles. The first-order valence-electron chi connectivity index (χ1n) is 5.51. The molecule has 20 heavy (non-hydrogen) atoms. The fourth-order valence-electron chi connectivity index (χ4n) is 1.68. The van der Waals surface area contributed by atoms with E-state index in [0.717, 1.165) is 12.1 Å². The molecule has 1 aromatic carbocycles. The van der Waals surface area contributed by atoms with E-state index in [1.165, 1.54) is 16.9 Å². The van der Waals surface area contributed by atoms with Crippen molar-refractivity contribution in [3.8, 4) is 5.69 Å². The first-order chi connectivity index (χ1) is 9.27. The van der Waals surface area contributed by atoms with E-state index in [9.17, 15) is 18.0 Å². The van der Waals surface area contributed by atoms with Crippen LogP contribution < -0.4 is 5.32 Å². The first kappa shape index (κ1) is 13.9. The van der Waals surface area contributed by atoms with Crippen LogP contribution in [0.5, 0.6) is 0 Å². The van der Waals surface area contributed by atoms with Crippen LogP contribution in [0.15, 0.2) is 30.5 Å². The molecule has 106 valence electrons. The molecule has 0 aliphatic rings. The third-order valence-electron chi connectivity index (χ3n) is 2.53. The van der Waals surface area contributed by atoms with Gasteiger partial charge in [-0.25, -0.2) is 9.48 Å². The molecule has 5 nitrogen and oxygen atoms in total. The lowest BCUT2D eigenvalue weighted by atomic mass is 10.1. The van der Waals surface area contributed by atoms with Gasteiger partial charge >= 0.3 is 12.3 Å². The van der Waals surface area contributed by atoms with Crippen LogP contribution in [0, 0.1) is 6.92 Å². The van der Waals surface area contributed by atoms with Crippen molar-refractivity contribution in [2.75, 3.05) is 5.32 Å². The number of rotatable bonds is 2. The van der Waals surface area contributed by atoms with Crippen molar-refractivity contribution in [2.24, 2.45) is 0 Å². The number of aromatic nitrogens is 2. The minimum absolute atomic E-state index is 0.185. The van der Waals surface area contributed by atoms with Crippen molar-refractivity contribution in [1.82, 2.24) is 9.78 Å². The minimum atomic E-state index is -4.55. The Morgan fingerprint density at radius 2 is 2.05 bits per heavy atom. The van der Waals surface area contributed by atoms with Crippen LogP contribution in [0.25, 0.3) is 5.69 Å². The second-order valence-electron chi connectivity index (χ2n) is 4.06. The lowest BCUT2D eigenvalue weighted by molar-refractivity contribution is -0.137. The van der Waals surface area contributed by atoms with Crippen molar-refractivity contribution in [3.05, 3.63) is 41.7 Å². The molecule has 0 bridgehead atoms. The fourth-order valence-corrected chi connectivity index (χ4v) is 1.68. The van der Waals surface area contributed by atoms with Crippen LogP contribution >= 0.6 is 0 Å². The van der Waals surface area contributed by atoms with Gasteiger partial charge in [-0.3, -0.25) is 5.32 Å². The molecule has 2 N–H and O–H groups in total. The van der Waals surface area contributed by atoms with Gasteiger partial charge in [0.25, 0.3) is 0 Å². The zero-order chi connectivity index (χ0) is 14.9. The van der Waals surface area contributed by atoms with Crippen LogP contribution in [0.2, 0.25) is 0 Å². The second kappa shape index (κ2) is 4.87. The number of benzene rings is 1. The summed E-state index contributed by atoms with van der Waals surface area (Å²) in [6.07, 6.45) is -4.47. The predicted octanol–water partition coefficient (Wildman–Crippen LogP) is 3.29. The molecule has 0 unspecified atom stereocenters. The lowest BCUT2D eigenvalue weighted by Crippen LogP contribution is -2.13. The van der Waals surface area contributed by atoms with Crippen LogP contribution in [-0.2, 0) is 6.18 Å². The number of hydrogen-bond donors (Lipinski definition) is 2. The van der Waals surface area contributed by atoms with Gasteiger partial charge in [-0.05, 0) is 31.2 Å². The summed E-state index contributed by atoms with van der Waals surface area (Å²) in [5, 5.41) is 14.7. The number of aryl methyl sites for hydroxylation is 1. The average molecular weight is 285 g/mol. The van der Waals surface area contributed by atoms with Gasteiger partial charge in [-0.15, -0.1) is 0 Å². The van der Waals surface area contributed by atoms with E-state index >= 15 is 0 Å². The van der Waals surface area contributed by atoms with E-state index < -0.39 is 17.8 Å². The molecule has 2 rings (SSSR count). The smallest absolute Gasteiger partial charge is 0.416 e. The number of nitrogens with zero attached hydrogens (tertiary/aromatic N) is 2. The number of nitrogens with one attached hydrogen (secondary N) is 1. The van der Waals surface area contributed by atoms with Crippen LogP contribution in [-0.4, -0.2) is 21.0 Å². The van der Waals surface area contributed by atoms with Crippen molar-refractivity contribution in [1.29, 1.82) is 0 Å². The summed E-state index contributed by atoms with van der Waals surface area (Å²) in [4.78, 5) is 10.7. The van der Waals surface area contributed by atoms with Crippen LogP contribution in [0.4, 0.5) is 23.7 Å². The van der Waals surface area contributed by atoms with Crippen molar-refractivity contribution < 1.29 is 23.1 Å².